The molecule has 1 aromatic rings. The number of aliphatic hydroxyl groups is 1. The number of rotatable bonds is 3. The van der Waals surface area contributed by atoms with Gasteiger partial charge in [-0.3, -0.25) is 0 Å². The quantitative estimate of drug-likeness (QED) is 0.787. The molecule has 2 heterocycles. The summed E-state index contributed by atoms with van der Waals surface area (Å²) in [5, 5.41) is 9.12. The van der Waals surface area contributed by atoms with Gasteiger partial charge in [0.1, 0.15) is 5.82 Å². The average molecular weight is 221 g/mol. The van der Waals surface area contributed by atoms with Crippen molar-refractivity contribution in [3.63, 3.8) is 0 Å². The number of aliphatic hydroxyl groups excluding tert-OH is 1. The number of aryl methyl sites for hydroxylation is 1. The molecule has 1 unspecified atom stereocenters. The first-order valence-corrected chi connectivity index (χ1v) is 5.76. The molecule has 88 valence electrons. The molecule has 0 spiro atoms. The van der Waals surface area contributed by atoms with Gasteiger partial charge >= 0.3 is 0 Å². The number of pyridine rings is 1. The Labute approximate surface area is 96.1 Å². The second kappa shape index (κ2) is 4.80. The Morgan fingerprint density at radius 3 is 3.00 bits per heavy atom. The summed E-state index contributed by atoms with van der Waals surface area (Å²) in [5.41, 5.74) is 7.78. The van der Waals surface area contributed by atoms with E-state index in [0.717, 1.165) is 36.6 Å². The van der Waals surface area contributed by atoms with Gasteiger partial charge in [-0.1, -0.05) is 0 Å². The summed E-state index contributed by atoms with van der Waals surface area (Å²) in [6.07, 6.45) is 1.05. The van der Waals surface area contributed by atoms with Crippen LogP contribution in [0.25, 0.3) is 0 Å². The van der Waals surface area contributed by atoms with Crippen molar-refractivity contribution in [3.8, 4) is 0 Å². The maximum Gasteiger partial charge on any atom is 0.129 e. The first-order chi connectivity index (χ1) is 7.72. The molecule has 1 atom stereocenters. The highest BCUT2D eigenvalue weighted by molar-refractivity contribution is 5.43. The fourth-order valence-corrected chi connectivity index (χ4v) is 2.19. The molecule has 2 rings (SSSR count). The van der Waals surface area contributed by atoms with Gasteiger partial charge in [0.15, 0.2) is 0 Å². The Kier molecular flexibility index (Phi) is 3.41. The molecule has 0 radical (unpaired) electrons. The van der Waals surface area contributed by atoms with Crippen LogP contribution in [0.4, 0.5) is 5.82 Å². The van der Waals surface area contributed by atoms with Crippen molar-refractivity contribution in [2.75, 3.05) is 24.6 Å². The highest BCUT2D eigenvalue weighted by Gasteiger charge is 2.22. The summed E-state index contributed by atoms with van der Waals surface area (Å²) in [6.45, 7) is 4.69. The third kappa shape index (κ3) is 2.33. The van der Waals surface area contributed by atoms with Crippen molar-refractivity contribution in [1.82, 2.24) is 4.98 Å². The van der Waals surface area contributed by atoms with Gasteiger partial charge in [-0.05, 0) is 31.0 Å². The highest BCUT2D eigenvalue weighted by Crippen LogP contribution is 2.23. The van der Waals surface area contributed by atoms with Gasteiger partial charge in [0.05, 0.1) is 0 Å². The highest BCUT2D eigenvalue weighted by atomic mass is 16.3. The van der Waals surface area contributed by atoms with Crippen LogP contribution in [-0.2, 0) is 6.54 Å². The van der Waals surface area contributed by atoms with Crippen LogP contribution in [0.1, 0.15) is 17.7 Å². The Bertz CT molecular complexity index is 367. The summed E-state index contributed by atoms with van der Waals surface area (Å²) in [7, 11) is 0. The van der Waals surface area contributed by atoms with Crippen molar-refractivity contribution in [3.05, 3.63) is 23.4 Å². The second-order valence-electron chi connectivity index (χ2n) is 4.46. The SMILES string of the molecule is Cc1cc(CN)cc(N2CCC(CO)C2)n1. The van der Waals surface area contributed by atoms with E-state index in [1.807, 2.05) is 19.1 Å². The zero-order valence-electron chi connectivity index (χ0n) is 9.69. The van der Waals surface area contributed by atoms with Gasteiger partial charge in [0, 0.05) is 37.9 Å². The van der Waals surface area contributed by atoms with E-state index in [4.69, 9.17) is 10.8 Å². The first kappa shape index (κ1) is 11.4. The Balaban J connectivity index is 2.17. The molecule has 16 heavy (non-hydrogen) atoms. The molecule has 1 fully saturated rings. The van der Waals surface area contributed by atoms with Gasteiger partial charge in [-0.15, -0.1) is 0 Å². The Hall–Kier alpha value is -1.13. The third-order valence-electron chi connectivity index (χ3n) is 3.10. The third-order valence-corrected chi connectivity index (χ3v) is 3.10. The van der Waals surface area contributed by atoms with Crippen molar-refractivity contribution < 1.29 is 5.11 Å². The molecule has 3 N–H and O–H groups in total. The van der Waals surface area contributed by atoms with E-state index in [1.165, 1.54) is 0 Å². The lowest BCUT2D eigenvalue weighted by molar-refractivity contribution is 0.238. The van der Waals surface area contributed by atoms with Crippen LogP contribution in [0.15, 0.2) is 12.1 Å². The molecule has 1 aliphatic rings. The molecule has 0 saturated carbocycles. The van der Waals surface area contributed by atoms with Gasteiger partial charge in [-0.2, -0.15) is 0 Å². The minimum Gasteiger partial charge on any atom is -0.396 e. The smallest absolute Gasteiger partial charge is 0.129 e. The number of nitrogens with two attached hydrogens (primary N) is 1. The normalized spacial score (nSPS) is 20.4. The predicted molar refractivity (Wildman–Crippen MR) is 64.3 cm³/mol. The van der Waals surface area contributed by atoms with Crippen LogP contribution in [-0.4, -0.2) is 29.8 Å². The molecular weight excluding hydrogens is 202 g/mol. The van der Waals surface area contributed by atoms with Crippen LogP contribution in [0.5, 0.6) is 0 Å². The molecule has 1 saturated heterocycles. The van der Waals surface area contributed by atoms with Crippen molar-refractivity contribution >= 4 is 5.82 Å². The largest absolute Gasteiger partial charge is 0.396 e. The van der Waals surface area contributed by atoms with Gasteiger partial charge in [0.25, 0.3) is 0 Å². The van der Waals surface area contributed by atoms with Crippen molar-refractivity contribution in [1.29, 1.82) is 0 Å². The van der Waals surface area contributed by atoms with E-state index in [-0.39, 0.29) is 6.61 Å². The summed E-state index contributed by atoms with van der Waals surface area (Å²) < 4.78 is 0. The monoisotopic (exact) mass is 221 g/mol. The number of hydrogen-bond acceptors (Lipinski definition) is 4. The summed E-state index contributed by atoms with van der Waals surface area (Å²) in [4.78, 5) is 6.75. The average Bonchev–Trinajstić information content (AvgIpc) is 2.76. The maximum atomic E-state index is 9.12. The zero-order chi connectivity index (χ0) is 11.5. The van der Waals surface area contributed by atoms with Crippen molar-refractivity contribution in [2.45, 2.75) is 19.9 Å². The molecule has 1 aromatic heterocycles. The molecule has 0 amide bonds. The van der Waals surface area contributed by atoms with Crippen LogP contribution in [0.3, 0.4) is 0 Å². The number of aromatic nitrogens is 1. The number of anilines is 1. The van der Waals surface area contributed by atoms with Crippen LogP contribution in [0, 0.1) is 12.8 Å². The molecule has 0 bridgehead atoms. The minimum atomic E-state index is 0.270. The fraction of sp³-hybridized carbons (Fsp3) is 0.583. The number of nitrogens with zero attached hydrogens (tertiary/aromatic N) is 2. The molecule has 4 nitrogen and oxygen atoms in total. The standard InChI is InChI=1S/C12H19N3O/c1-9-4-11(6-13)5-12(14-9)15-3-2-10(7-15)8-16/h4-5,10,16H,2-3,6-8,13H2,1H3. The van der Waals surface area contributed by atoms with Crippen molar-refractivity contribution in [2.24, 2.45) is 11.7 Å². The number of hydrogen-bond donors (Lipinski definition) is 2. The molecule has 0 aromatic carbocycles. The lowest BCUT2D eigenvalue weighted by atomic mass is 10.1. The zero-order valence-corrected chi connectivity index (χ0v) is 9.69. The van der Waals surface area contributed by atoms with Crippen LogP contribution < -0.4 is 10.6 Å². The maximum absolute atomic E-state index is 9.12. The summed E-state index contributed by atoms with van der Waals surface area (Å²) in [6, 6.07) is 4.07. The summed E-state index contributed by atoms with van der Waals surface area (Å²) in [5.74, 6) is 1.39. The lowest BCUT2D eigenvalue weighted by Crippen LogP contribution is -2.22. The van der Waals surface area contributed by atoms with E-state index in [1.54, 1.807) is 0 Å². The first-order valence-electron chi connectivity index (χ1n) is 5.76. The minimum absolute atomic E-state index is 0.270. The van der Waals surface area contributed by atoms with E-state index in [2.05, 4.69) is 9.88 Å². The van der Waals surface area contributed by atoms with Crippen LogP contribution in [0.2, 0.25) is 0 Å². The molecular formula is C12H19N3O. The second-order valence-corrected chi connectivity index (χ2v) is 4.46. The van der Waals surface area contributed by atoms with E-state index < -0.39 is 0 Å². The van der Waals surface area contributed by atoms with Gasteiger partial charge < -0.3 is 15.7 Å². The van der Waals surface area contributed by atoms with E-state index >= 15 is 0 Å². The fourth-order valence-electron chi connectivity index (χ4n) is 2.19. The Morgan fingerprint density at radius 1 is 1.56 bits per heavy atom. The van der Waals surface area contributed by atoms with Crippen LogP contribution >= 0.6 is 0 Å². The molecule has 0 aliphatic carbocycles. The topological polar surface area (TPSA) is 62.4 Å². The van der Waals surface area contributed by atoms with E-state index in [9.17, 15) is 0 Å². The van der Waals surface area contributed by atoms with Gasteiger partial charge in [0.2, 0.25) is 0 Å². The van der Waals surface area contributed by atoms with Gasteiger partial charge in [-0.25, -0.2) is 4.98 Å². The summed E-state index contributed by atoms with van der Waals surface area (Å²) >= 11 is 0. The molecule has 1 aliphatic heterocycles. The van der Waals surface area contributed by atoms with E-state index in [0.29, 0.717) is 12.5 Å². The lowest BCUT2D eigenvalue weighted by Gasteiger charge is -2.18. The molecule has 4 heteroatoms. The predicted octanol–water partition coefficient (Wildman–Crippen LogP) is 0.667. The Morgan fingerprint density at radius 2 is 2.38 bits per heavy atom.